The van der Waals surface area contributed by atoms with Crippen molar-refractivity contribution in [3.8, 4) is 0 Å². The lowest BCUT2D eigenvalue weighted by Crippen LogP contribution is -2.26. The van der Waals surface area contributed by atoms with Crippen LogP contribution < -0.4 is 11.1 Å². The minimum Gasteiger partial charge on any atom is -0.344 e. The van der Waals surface area contributed by atoms with Gasteiger partial charge in [0.2, 0.25) is 0 Å². The van der Waals surface area contributed by atoms with E-state index in [4.69, 9.17) is 5.73 Å². The van der Waals surface area contributed by atoms with Crippen LogP contribution in [0.3, 0.4) is 0 Å². The van der Waals surface area contributed by atoms with Gasteiger partial charge < -0.3 is 11.1 Å². The van der Waals surface area contributed by atoms with E-state index in [2.05, 4.69) is 22.5 Å². The Hall–Kier alpha value is -1.09. The molecule has 0 fully saturated rings. The van der Waals surface area contributed by atoms with E-state index >= 15 is 0 Å². The molecule has 0 atom stereocenters. The number of nitrogens with two attached hydrogens (primary N) is 1. The minimum absolute atomic E-state index is 0.756. The summed E-state index contributed by atoms with van der Waals surface area (Å²) in [5.41, 5.74) is 8.19. The van der Waals surface area contributed by atoms with E-state index in [0.29, 0.717) is 0 Å². The molecule has 96 valence electrons. The third-order valence-corrected chi connectivity index (χ3v) is 2.84. The Labute approximate surface area is 105 Å². The summed E-state index contributed by atoms with van der Waals surface area (Å²) in [6.07, 6.45) is 10.0. The number of rotatable bonds is 3. The summed E-state index contributed by atoms with van der Waals surface area (Å²) < 4.78 is 0. The number of aliphatic imine (C=N–C) groups is 1. The standard InChI is InChI=1S/C12H19N3.C2H6/c13-8-2-7-11-6-1-4-10-5-3-9-14-12(10)15-11;1-2/h4,6H,1-3,5,7-9,13H2,(H,14,15);1-2H3. The summed E-state index contributed by atoms with van der Waals surface area (Å²) in [6, 6.07) is 0. The zero-order chi connectivity index (χ0) is 12.5. The monoisotopic (exact) mass is 235 g/mol. The third kappa shape index (κ3) is 4.35. The second-order valence-electron chi connectivity index (χ2n) is 4.05. The summed E-state index contributed by atoms with van der Waals surface area (Å²) in [5.74, 6) is 1.10. The zero-order valence-corrected chi connectivity index (χ0v) is 11.1. The van der Waals surface area contributed by atoms with Crippen LogP contribution in [-0.2, 0) is 0 Å². The molecule has 0 aromatic rings. The van der Waals surface area contributed by atoms with Crippen LogP contribution in [0.15, 0.2) is 28.4 Å². The molecule has 0 spiro atoms. The summed E-state index contributed by atoms with van der Waals surface area (Å²) in [7, 11) is 0. The molecular formula is C14H25N3. The molecule has 2 rings (SSSR count). The molecule has 0 radical (unpaired) electrons. The minimum atomic E-state index is 0.756. The van der Waals surface area contributed by atoms with Gasteiger partial charge in [-0.1, -0.05) is 26.0 Å². The van der Waals surface area contributed by atoms with Crippen LogP contribution in [0, 0.1) is 0 Å². The van der Waals surface area contributed by atoms with Crippen LogP contribution in [0.2, 0.25) is 0 Å². The Morgan fingerprint density at radius 3 is 2.94 bits per heavy atom. The fourth-order valence-corrected chi connectivity index (χ4v) is 2.00. The van der Waals surface area contributed by atoms with E-state index in [9.17, 15) is 0 Å². The molecule has 0 aliphatic carbocycles. The lowest BCUT2D eigenvalue weighted by Gasteiger charge is -2.17. The highest BCUT2D eigenvalue weighted by Crippen LogP contribution is 2.18. The molecular weight excluding hydrogens is 210 g/mol. The van der Waals surface area contributed by atoms with E-state index in [0.717, 1.165) is 38.2 Å². The molecule has 0 bridgehead atoms. The summed E-state index contributed by atoms with van der Waals surface area (Å²) >= 11 is 0. The van der Waals surface area contributed by atoms with Crippen LogP contribution in [0.4, 0.5) is 0 Å². The summed E-state index contributed by atoms with van der Waals surface area (Å²) in [6.45, 7) is 5.72. The lowest BCUT2D eigenvalue weighted by atomic mass is 10.1. The second-order valence-corrected chi connectivity index (χ2v) is 4.05. The SMILES string of the molecule is CC.NCCCC1=CCC=C2CCCN=C2N1. The van der Waals surface area contributed by atoms with Crippen molar-refractivity contribution in [1.82, 2.24) is 5.32 Å². The van der Waals surface area contributed by atoms with Crippen molar-refractivity contribution >= 4 is 5.84 Å². The number of nitrogens with zero attached hydrogens (tertiary/aromatic N) is 1. The highest BCUT2D eigenvalue weighted by Gasteiger charge is 2.14. The van der Waals surface area contributed by atoms with Crippen LogP contribution in [0.5, 0.6) is 0 Å². The van der Waals surface area contributed by atoms with Gasteiger partial charge in [0, 0.05) is 12.2 Å². The average Bonchev–Trinajstić information content (AvgIpc) is 2.60. The molecule has 2 aliphatic heterocycles. The maximum atomic E-state index is 5.52. The number of hydrogen-bond donors (Lipinski definition) is 2. The van der Waals surface area contributed by atoms with Gasteiger partial charge in [0.25, 0.3) is 0 Å². The maximum Gasteiger partial charge on any atom is 0.127 e. The van der Waals surface area contributed by atoms with Crippen LogP contribution in [0.25, 0.3) is 0 Å². The fourth-order valence-electron chi connectivity index (χ4n) is 2.00. The Morgan fingerprint density at radius 1 is 1.35 bits per heavy atom. The summed E-state index contributed by atoms with van der Waals surface area (Å²) in [4.78, 5) is 4.53. The van der Waals surface area contributed by atoms with Gasteiger partial charge in [0.15, 0.2) is 0 Å². The van der Waals surface area contributed by atoms with E-state index in [1.165, 1.54) is 24.1 Å². The van der Waals surface area contributed by atoms with Crippen molar-refractivity contribution in [2.24, 2.45) is 10.7 Å². The predicted octanol–water partition coefficient (Wildman–Crippen LogP) is 2.75. The second kappa shape index (κ2) is 8.07. The van der Waals surface area contributed by atoms with Crippen molar-refractivity contribution < 1.29 is 0 Å². The lowest BCUT2D eigenvalue weighted by molar-refractivity contribution is 0.771. The molecule has 0 saturated carbocycles. The molecule has 0 saturated heterocycles. The van der Waals surface area contributed by atoms with E-state index in [1.54, 1.807) is 0 Å². The van der Waals surface area contributed by atoms with Gasteiger partial charge in [-0.05, 0) is 44.2 Å². The van der Waals surface area contributed by atoms with Crippen molar-refractivity contribution in [3.05, 3.63) is 23.4 Å². The van der Waals surface area contributed by atoms with Crippen LogP contribution in [-0.4, -0.2) is 18.9 Å². The Bertz CT molecular complexity index is 313. The molecule has 0 amide bonds. The number of nitrogens with one attached hydrogen (secondary N) is 1. The van der Waals surface area contributed by atoms with Crippen LogP contribution in [0.1, 0.15) is 46.0 Å². The predicted molar refractivity (Wildman–Crippen MR) is 75.1 cm³/mol. The largest absolute Gasteiger partial charge is 0.344 e. The van der Waals surface area contributed by atoms with Gasteiger partial charge in [-0.2, -0.15) is 0 Å². The van der Waals surface area contributed by atoms with Gasteiger partial charge in [-0.3, -0.25) is 4.99 Å². The Morgan fingerprint density at radius 2 is 2.18 bits per heavy atom. The fraction of sp³-hybridized carbons (Fsp3) is 0.643. The van der Waals surface area contributed by atoms with E-state index in [1.807, 2.05) is 13.8 Å². The number of fused-ring (bicyclic) bond motifs is 1. The maximum absolute atomic E-state index is 5.52. The number of hydrogen-bond acceptors (Lipinski definition) is 3. The first-order chi connectivity index (χ1) is 8.40. The van der Waals surface area contributed by atoms with Crippen molar-refractivity contribution in [2.45, 2.75) is 46.0 Å². The number of amidine groups is 1. The van der Waals surface area contributed by atoms with E-state index in [-0.39, 0.29) is 0 Å². The van der Waals surface area contributed by atoms with Gasteiger partial charge in [0.1, 0.15) is 5.84 Å². The molecule has 3 nitrogen and oxygen atoms in total. The van der Waals surface area contributed by atoms with Crippen molar-refractivity contribution in [1.29, 1.82) is 0 Å². The molecule has 0 aromatic heterocycles. The highest BCUT2D eigenvalue weighted by atomic mass is 15.0. The molecule has 2 heterocycles. The van der Waals surface area contributed by atoms with E-state index < -0.39 is 0 Å². The van der Waals surface area contributed by atoms with Crippen molar-refractivity contribution in [2.75, 3.05) is 13.1 Å². The molecule has 3 heteroatoms. The number of allylic oxidation sites excluding steroid dienone is 3. The highest BCUT2D eigenvalue weighted by molar-refractivity contribution is 6.00. The first-order valence-corrected chi connectivity index (χ1v) is 6.80. The summed E-state index contributed by atoms with van der Waals surface area (Å²) in [5, 5.41) is 3.44. The molecule has 17 heavy (non-hydrogen) atoms. The van der Waals surface area contributed by atoms with Gasteiger partial charge in [0.05, 0.1) is 0 Å². The third-order valence-electron chi connectivity index (χ3n) is 2.84. The molecule has 2 aliphatic rings. The first kappa shape index (κ1) is 14.0. The molecule has 3 N–H and O–H groups in total. The average molecular weight is 235 g/mol. The Kier molecular flexibility index (Phi) is 6.63. The van der Waals surface area contributed by atoms with Gasteiger partial charge in [-0.15, -0.1) is 0 Å². The molecule has 0 unspecified atom stereocenters. The van der Waals surface area contributed by atoms with Gasteiger partial charge in [-0.25, -0.2) is 0 Å². The van der Waals surface area contributed by atoms with Crippen LogP contribution >= 0.6 is 0 Å². The molecule has 0 aromatic carbocycles. The van der Waals surface area contributed by atoms with Gasteiger partial charge >= 0.3 is 0 Å². The first-order valence-electron chi connectivity index (χ1n) is 6.80. The van der Waals surface area contributed by atoms with Crippen molar-refractivity contribution in [3.63, 3.8) is 0 Å². The smallest absolute Gasteiger partial charge is 0.127 e. The Balaban J connectivity index is 0.000000686. The normalized spacial score (nSPS) is 18.4. The zero-order valence-electron chi connectivity index (χ0n) is 11.1. The topological polar surface area (TPSA) is 50.4 Å². The quantitative estimate of drug-likeness (QED) is 0.790.